The molecule has 1 heterocycles. The fourth-order valence-electron chi connectivity index (χ4n) is 3.10. The van der Waals surface area contributed by atoms with Crippen molar-refractivity contribution in [3.63, 3.8) is 0 Å². The number of carbonyl (C=O) groups is 3. The Hall–Kier alpha value is -3.15. The third-order valence-electron chi connectivity index (χ3n) is 4.85. The summed E-state index contributed by atoms with van der Waals surface area (Å²) in [5.74, 6) is 0.0451. The smallest absolute Gasteiger partial charge is 0.267 e. The molecule has 1 N–H and O–H groups in total. The average molecular weight is 380 g/mol. The number of hydrogen-bond acceptors (Lipinski definition) is 4. The Morgan fingerprint density at radius 2 is 1.82 bits per heavy atom. The summed E-state index contributed by atoms with van der Waals surface area (Å²) in [4.78, 5) is 38.2. The molecule has 0 bridgehead atoms. The van der Waals surface area contributed by atoms with E-state index < -0.39 is 6.10 Å². The molecule has 0 saturated carbocycles. The lowest BCUT2D eigenvalue weighted by molar-refractivity contribution is -0.125. The van der Waals surface area contributed by atoms with Crippen molar-refractivity contribution in [2.45, 2.75) is 39.2 Å². The van der Waals surface area contributed by atoms with Crippen LogP contribution in [0.3, 0.4) is 0 Å². The molecule has 6 heteroatoms. The molecule has 0 aliphatic carbocycles. The molecule has 0 aromatic heterocycles. The van der Waals surface area contributed by atoms with Crippen molar-refractivity contribution in [3.8, 4) is 5.75 Å². The first kappa shape index (κ1) is 19.6. The summed E-state index contributed by atoms with van der Waals surface area (Å²) < 4.78 is 5.56. The maximum absolute atomic E-state index is 12.5. The number of hydrogen-bond donors (Lipinski definition) is 1. The van der Waals surface area contributed by atoms with Crippen LogP contribution in [-0.2, 0) is 16.0 Å². The first-order valence-corrected chi connectivity index (χ1v) is 9.39. The molecule has 3 rings (SSSR count). The predicted molar refractivity (Wildman–Crippen MR) is 108 cm³/mol. The molecule has 1 atom stereocenters. The van der Waals surface area contributed by atoms with Gasteiger partial charge in [0.2, 0.25) is 5.91 Å². The number of nitrogens with one attached hydrogen (secondary N) is 1. The van der Waals surface area contributed by atoms with Gasteiger partial charge in [-0.2, -0.15) is 0 Å². The highest BCUT2D eigenvalue weighted by atomic mass is 16.5. The molecule has 2 aromatic carbocycles. The van der Waals surface area contributed by atoms with E-state index >= 15 is 0 Å². The second-order valence-corrected chi connectivity index (χ2v) is 6.86. The first-order chi connectivity index (χ1) is 13.4. The minimum absolute atomic E-state index is 0.0899. The topological polar surface area (TPSA) is 75.7 Å². The monoisotopic (exact) mass is 380 g/mol. The highest BCUT2D eigenvalue weighted by molar-refractivity contribution is 6.04. The number of fused-ring (bicyclic) bond motifs is 1. The Morgan fingerprint density at radius 3 is 2.50 bits per heavy atom. The SMILES string of the molecule is CCc1ccc(NC(=O)CCC(=O)c2ccc3c(c2)N(C)C(=O)C(C)O3)cc1. The van der Waals surface area contributed by atoms with Gasteiger partial charge in [-0.1, -0.05) is 19.1 Å². The molecule has 2 aromatic rings. The molecule has 1 aliphatic rings. The van der Waals surface area contributed by atoms with E-state index in [-0.39, 0.29) is 30.4 Å². The Labute approximate surface area is 164 Å². The van der Waals surface area contributed by atoms with E-state index in [1.54, 1.807) is 32.2 Å². The summed E-state index contributed by atoms with van der Waals surface area (Å²) >= 11 is 0. The van der Waals surface area contributed by atoms with E-state index in [2.05, 4.69) is 12.2 Å². The first-order valence-electron chi connectivity index (χ1n) is 9.39. The standard InChI is InChI=1S/C22H24N2O4/c1-4-15-5-8-17(9-6-15)23-21(26)12-10-19(25)16-7-11-20-18(13-16)24(3)22(27)14(2)28-20/h5-9,11,13-14H,4,10,12H2,1-3H3,(H,23,26). The van der Waals surface area contributed by atoms with Gasteiger partial charge in [0.15, 0.2) is 11.9 Å². The number of nitrogens with zero attached hydrogens (tertiary/aromatic N) is 1. The minimum atomic E-state index is -0.547. The van der Waals surface area contributed by atoms with Crippen molar-refractivity contribution in [1.82, 2.24) is 0 Å². The van der Waals surface area contributed by atoms with Crippen molar-refractivity contribution >= 4 is 29.0 Å². The molecule has 146 valence electrons. The van der Waals surface area contributed by atoms with Crippen LogP contribution in [-0.4, -0.2) is 30.7 Å². The maximum Gasteiger partial charge on any atom is 0.267 e. The van der Waals surface area contributed by atoms with Crippen LogP contribution in [0.4, 0.5) is 11.4 Å². The molecule has 6 nitrogen and oxygen atoms in total. The van der Waals surface area contributed by atoms with Gasteiger partial charge in [-0.3, -0.25) is 14.4 Å². The molecule has 0 radical (unpaired) electrons. The lowest BCUT2D eigenvalue weighted by Crippen LogP contribution is -2.42. The molecule has 1 aliphatic heterocycles. The van der Waals surface area contributed by atoms with Crippen LogP contribution in [0.5, 0.6) is 5.75 Å². The van der Waals surface area contributed by atoms with Crippen LogP contribution in [0, 0.1) is 0 Å². The van der Waals surface area contributed by atoms with E-state index in [1.807, 2.05) is 24.3 Å². The largest absolute Gasteiger partial charge is 0.479 e. The van der Waals surface area contributed by atoms with Crippen molar-refractivity contribution in [2.75, 3.05) is 17.3 Å². The highest BCUT2D eigenvalue weighted by Gasteiger charge is 2.29. The van der Waals surface area contributed by atoms with Gasteiger partial charge in [0.1, 0.15) is 5.75 Å². The van der Waals surface area contributed by atoms with Gasteiger partial charge in [0.05, 0.1) is 5.69 Å². The van der Waals surface area contributed by atoms with Gasteiger partial charge in [-0.15, -0.1) is 0 Å². The number of benzene rings is 2. The maximum atomic E-state index is 12.5. The number of rotatable bonds is 6. The van der Waals surface area contributed by atoms with E-state index in [9.17, 15) is 14.4 Å². The summed E-state index contributed by atoms with van der Waals surface area (Å²) in [6.07, 6.45) is 0.573. The van der Waals surface area contributed by atoms with E-state index in [0.717, 1.165) is 12.1 Å². The van der Waals surface area contributed by atoms with Crippen LogP contribution in [0.25, 0.3) is 0 Å². The summed E-state index contributed by atoms with van der Waals surface area (Å²) in [6, 6.07) is 12.6. The quantitative estimate of drug-likeness (QED) is 0.777. The molecular formula is C22H24N2O4. The molecule has 28 heavy (non-hydrogen) atoms. The van der Waals surface area contributed by atoms with Gasteiger partial charge in [0, 0.05) is 31.1 Å². The normalized spacial score (nSPS) is 15.6. The third-order valence-corrected chi connectivity index (χ3v) is 4.85. The summed E-state index contributed by atoms with van der Waals surface area (Å²) in [7, 11) is 1.66. The predicted octanol–water partition coefficient (Wildman–Crippen LogP) is 3.59. The number of ether oxygens (including phenoxy) is 1. The second-order valence-electron chi connectivity index (χ2n) is 6.86. The van der Waals surface area contributed by atoms with Gasteiger partial charge < -0.3 is 15.0 Å². The average Bonchev–Trinajstić information content (AvgIpc) is 2.70. The molecule has 0 spiro atoms. The van der Waals surface area contributed by atoms with Crippen LogP contribution >= 0.6 is 0 Å². The number of likely N-dealkylation sites (N-methyl/N-ethyl adjacent to an activating group) is 1. The number of ketones is 1. The van der Waals surface area contributed by atoms with Crippen molar-refractivity contribution < 1.29 is 19.1 Å². The summed E-state index contributed by atoms with van der Waals surface area (Å²) in [5, 5.41) is 2.80. The van der Waals surface area contributed by atoms with Crippen LogP contribution < -0.4 is 15.0 Å². The molecule has 1 unspecified atom stereocenters. The van der Waals surface area contributed by atoms with Crippen molar-refractivity contribution in [3.05, 3.63) is 53.6 Å². The fraction of sp³-hybridized carbons (Fsp3) is 0.318. The Bertz CT molecular complexity index is 905. The fourth-order valence-corrected chi connectivity index (χ4v) is 3.10. The third kappa shape index (κ3) is 4.22. The summed E-state index contributed by atoms with van der Waals surface area (Å²) in [5.41, 5.74) is 2.93. The van der Waals surface area contributed by atoms with Gasteiger partial charge in [-0.05, 0) is 49.2 Å². The number of amides is 2. The number of anilines is 2. The van der Waals surface area contributed by atoms with Crippen LogP contribution in [0.15, 0.2) is 42.5 Å². The van der Waals surface area contributed by atoms with E-state index in [1.165, 1.54) is 10.5 Å². The Morgan fingerprint density at radius 1 is 1.11 bits per heavy atom. The van der Waals surface area contributed by atoms with Crippen LogP contribution in [0.2, 0.25) is 0 Å². The Kier molecular flexibility index (Phi) is 5.78. The zero-order valence-electron chi connectivity index (χ0n) is 16.3. The summed E-state index contributed by atoms with van der Waals surface area (Å²) in [6.45, 7) is 3.76. The second kappa shape index (κ2) is 8.25. The van der Waals surface area contributed by atoms with Crippen molar-refractivity contribution in [2.24, 2.45) is 0 Å². The molecule has 0 saturated heterocycles. The van der Waals surface area contributed by atoms with Crippen LogP contribution in [0.1, 0.15) is 42.6 Å². The Balaban J connectivity index is 1.60. The molecule has 2 amide bonds. The molecular weight excluding hydrogens is 356 g/mol. The lowest BCUT2D eigenvalue weighted by Gasteiger charge is -2.30. The minimum Gasteiger partial charge on any atom is -0.479 e. The lowest BCUT2D eigenvalue weighted by atomic mass is 10.0. The zero-order chi connectivity index (χ0) is 20.3. The van der Waals surface area contributed by atoms with Gasteiger partial charge in [0.25, 0.3) is 5.91 Å². The van der Waals surface area contributed by atoms with Crippen molar-refractivity contribution in [1.29, 1.82) is 0 Å². The zero-order valence-corrected chi connectivity index (χ0v) is 16.3. The van der Waals surface area contributed by atoms with E-state index in [4.69, 9.17) is 4.74 Å². The molecule has 0 fully saturated rings. The number of carbonyl (C=O) groups excluding carboxylic acids is 3. The highest BCUT2D eigenvalue weighted by Crippen LogP contribution is 2.34. The number of aryl methyl sites for hydroxylation is 1. The van der Waals surface area contributed by atoms with E-state index in [0.29, 0.717) is 17.0 Å². The van der Waals surface area contributed by atoms with Gasteiger partial charge in [-0.25, -0.2) is 0 Å². The van der Waals surface area contributed by atoms with Gasteiger partial charge >= 0.3 is 0 Å². The number of Topliss-reactive ketones (excluding diaryl/α,β-unsaturated/α-hetero) is 1.